The van der Waals surface area contributed by atoms with E-state index in [2.05, 4.69) is 0 Å². The molecule has 0 bridgehead atoms. The summed E-state index contributed by atoms with van der Waals surface area (Å²) in [6.45, 7) is 2.34. The normalized spacial score (nSPS) is 14.2. The third-order valence-electron chi connectivity index (χ3n) is 1.04. The van der Waals surface area contributed by atoms with Crippen LogP contribution in [0.4, 0.5) is 0 Å². The van der Waals surface area contributed by atoms with Gasteiger partial charge in [-0.15, -0.1) is 3.94 Å². The molecule has 0 radical (unpaired) electrons. The fourth-order valence-corrected chi connectivity index (χ4v) is 0.785. The monoisotopic (exact) mass is 207 g/mol. The van der Waals surface area contributed by atoms with E-state index in [0.29, 0.717) is 3.94 Å². The van der Waals surface area contributed by atoms with Crippen LogP contribution >= 0.6 is 23.6 Å². The van der Waals surface area contributed by atoms with Crippen molar-refractivity contribution in [3.05, 3.63) is 0 Å². The van der Waals surface area contributed by atoms with Crippen LogP contribution in [-0.2, 0) is 10.1 Å². The van der Waals surface area contributed by atoms with Gasteiger partial charge in [-0.2, -0.15) is 8.42 Å². The second-order valence-electron chi connectivity index (χ2n) is 2.15. The Bertz CT molecular complexity index is 210. The largest absolute Gasteiger partial charge is 0.286 e. The van der Waals surface area contributed by atoms with Crippen LogP contribution in [0.1, 0.15) is 13.8 Å². The summed E-state index contributed by atoms with van der Waals surface area (Å²) in [7, 11) is -4.24. The van der Waals surface area contributed by atoms with Gasteiger partial charge in [-0.05, 0) is 37.4 Å². The first-order chi connectivity index (χ1) is 4.19. The molecular formula is C3H7Cl2NO3S. The zero-order valence-corrected chi connectivity index (χ0v) is 7.70. The molecule has 0 saturated carbocycles. The lowest BCUT2D eigenvalue weighted by molar-refractivity contribution is 0.390. The molecule has 0 saturated heterocycles. The zero-order valence-electron chi connectivity index (χ0n) is 5.38. The maximum atomic E-state index is 10.4. The van der Waals surface area contributed by atoms with Gasteiger partial charge in [-0.25, -0.2) is 0 Å². The van der Waals surface area contributed by atoms with Crippen LogP contribution in [0.5, 0.6) is 0 Å². The standard InChI is InChI=1S/C3H7Cl2NO3S/c1-3(2,6(4)5)10(7,8)9/h1-2H3,(H,7,8,9). The van der Waals surface area contributed by atoms with Gasteiger partial charge in [0.05, 0.1) is 0 Å². The van der Waals surface area contributed by atoms with Crippen LogP contribution < -0.4 is 0 Å². The Morgan fingerprint density at radius 3 is 1.70 bits per heavy atom. The van der Waals surface area contributed by atoms with E-state index < -0.39 is 15.0 Å². The highest BCUT2D eigenvalue weighted by atomic mass is 35.5. The lowest BCUT2D eigenvalue weighted by Crippen LogP contribution is -2.39. The summed E-state index contributed by atoms with van der Waals surface area (Å²) >= 11 is 10.2. The maximum absolute atomic E-state index is 10.4. The Morgan fingerprint density at radius 1 is 1.40 bits per heavy atom. The zero-order chi connectivity index (χ0) is 8.58. The van der Waals surface area contributed by atoms with Crippen LogP contribution in [0.2, 0.25) is 0 Å². The van der Waals surface area contributed by atoms with Crippen LogP contribution in [0.3, 0.4) is 0 Å². The summed E-state index contributed by atoms with van der Waals surface area (Å²) in [5, 5.41) is 0. The quantitative estimate of drug-likeness (QED) is 0.547. The van der Waals surface area contributed by atoms with E-state index in [1.54, 1.807) is 0 Å². The van der Waals surface area contributed by atoms with Crippen LogP contribution in [0, 0.1) is 0 Å². The van der Waals surface area contributed by atoms with Crippen molar-refractivity contribution in [2.24, 2.45) is 0 Å². The number of rotatable bonds is 2. The number of hydrogen-bond donors (Lipinski definition) is 1. The van der Waals surface area contributed by atoms with E-state index in [1.807, 2.05) is 0 Å². The number of hydrogen-bond acceptors (Lipinski definition) is 3. The minimum atomic E-state index is -4.24. The highest BCUT2D eigenvalue weighted by Crippen LogP contribution is 2.24. The lowest BCUT2D eigenvalue weighted by atomic mass is 10.4. The van der Waals surface area contributed by atoms with Crippen molar-refractivity contribution in [2.45, 2.75) is 18.7 Å². The molecule has 0 spiro atoms. The van der Waals surface area contributed by atoms with Crippen molar-refractivity contribution in [3.63, 3.8) is 0 Å². The van der Waals surface area contributed by atoms with Gasteiger partial charge in [0, 0.05) is 0 Å². The molecule has 0 rings (SSSR count). The van der Waals surface area contributed by atoms with Crippen molar-refractivity contribution >= 4 is 33.7 Å². The molecule has 62 valence electrons. The predicted molar refractivity (Wildman–Crippen MR) is 39.2 cm³/mol. The molecule has 0 atom stereocenters. The predicted octanol–water partition coefficient (Wildman–Crippen LogP) is 1.22. The van der Waals surface area contributed by atoms with Gasteiger partial charge < -0.3 is 0 Å². The maximum Gasteiger partial charge on any atom is 0.286 e. The van der Waals surface area contributed by atoms with E-state index in [1.165, 1.54) is 13.8 Å². The van der Waals surface area contributed by atoms with Crippen molar-refractivity contribution < 1.29 is 13.0 Å². The molecule has 10 heavy (non-hydrogen) atoms. The highest BCUT2D eigenvalue weighted by molar-refractivity contribution is 7.87. The molecule has 0 aromatic heterocycles. The van der Waals surface area contributed by atoms with E-state index in [4.69, 9.17) is 28.1 Å². The van der Waals surface area contributed by atoms with Crippen molar-refractivity contribution in [1.82, 2.24) is 3.94 Å². The van der Waals surface area contributed by atoms with Crippen LogP contribution in [0.15, 0.2) is 0 Å². The fourth-order valence-electron chi connectivity index (χ4n) is 0.0872. The minimum Gasteiger partial charge on any atom is -0.284 e. The summed E-state index contributed by atoms with van der Waals surface area (Å²) in [5.74, 6) is 0. The third-order valence-corrected chi connectivity index (χ3v) is 3.53. The van der Waals surface area contributed by atoms with Gasteiger partial charge in [-0.3, -0.25) is 4.55 Å². The average Bonchev–Trinajstić information content (AvgIpc) is 1.62. The Morgan fingerprint density at radius 2 is 1.70 bits per heavy atom. The van der Waals surface area contributed by atoms with E-state index >= 15 is 0 Å². The molecule has 0 unspecified atom stereocenters. The highest BCUT2D eigenvalue weighted by Gasteiger charge is 2.38. The van der Waals surface area contributed by atoms with Gasteiger partial charge >= 0.3 is 0 Å². The van der Waals surface area contributed by atoms with Gasteiger partial charge in [-0.1, -0.05) is 0 Å². The molecule has 0 aliphatic carbocycles. The van der Waals surface area contributed by atoms with Crippen LogP contribution in [-0.4, -0.2) is 21.8 Å². The van der Waals surface area contributed by atoms with Gasteiger partial charge in [0.25, 0.3) is 10.1 Å². The van der Waals surface area contributed by atoms with Gasteiger partial charge in [0.2, 0.25) is 0 Å². The first-order valence-corrected chi connectivity index (χ1v) is 4.40. The van der Waals surface area contributed by atoms with E-state index in [9.17, 15) is 8.42 Å². The van der Waals surface area contributed by atoms with Gasteiger partial charge in [0.15, 0.2) is 4.87 Å². The third kappa shape index (κ3) is 1.96. The molecule has 0 aromatic carbocycles. The fraction of sp³-hybridized carbons (Fsp3) is 1.00. The molecule has 7 heteroatoms. The number of halogens is 2. The average molecular weight is 208 g/mol. The topological polar surface area (TPSA) is 57.6 Å². The molecule has 0 heterocycles. The van der Waals surface area contributed by atoms with Crippen molar-refractivity contribution in [2.75, 3.05) is 0 Å². The van der Waals surface area contributed by atoms with E-state index in [-0.39, 0.29) is 0 Å². The van der Waals surface area contributed by atoms with Gasteiger partial charge in [0.1, 0.15) is 0 Å². The first kappa shape index (κ1) is 10.4. The summed E-state index contributed by atoms with van der Waals surface area (Å²) < 4.78 is 29.7. The molecule has 0 aliphatic heterocycles. The lowest BCUT2D eigenvalue weighted by Gasteiger charge is -2.22. The molecule has 4 nitrogen and oxygen atoms in total. The minimum absolute atomic E-state index is 0.377. The summed E-state index contributed by atoms with van der Waals surface area (Å²) in [4.78, 5) is -1.67. The smallest absolute Gasteiger partial charge is 0.284 e. The van der Waals surface area contributed by atoms with Crippen molar-refractivity contribution in [1.29, 1.82) is 0 Å². The van der Waals surface area contributed by atoms with Crippen molar-refractivity contribution in [3.8, 4) is 0 Å². The Kier molecular flexibility index (Phi) is 2.95. The molecular weight excluding hydrogens is 201 g/mol. The molecule has 1 N–H and O–H groups in total. The second-order valence-corrected chi connectivity index (χ2v) is 4.95. The Labute approximate surface area is 69.7 Å². The molecule has 0 aliphatic rings. The molecule has 0 amide bonds. The first-order valence-electron chi connectivity index (χ1n) is 2.28. The molecule has 0 aromatic rings. The molecule has 0 fully saturated rings. The Hall–Kier alpha value is 0.450. The SMILES string of the molecule is CC(C)(N(Cl)Cl)S(=O)(=O)O. The summed E-state index contributed by atoms with van der Waals surface area (Å²) in [6, 6.07) is 0. The van der Waals surface area contributed by atoms with E-state index in [0.717, 1.165) is 0 Å². The Balaban J connectivity index is 4.76. The second kappa shape index (κ2) is 2.83. The summed E-state index contributed by atoms with van der Waals surface area (Å²) in [5.41, 5.74) is 0. The number of nitrogens with zero attached hydrogens (tertiary/aromatic N) is 1. The summed E-state index contributed by atoms with van der Waals surface area (Å²) in [6.07, 6.45) is 0. The van der Waals surface area contributed by atoms with Crippen LogP contribution in [0.25, 0.3) is 0 Å².